The van der Waals surface area contributed by atoms with Gasteiger partial charge in [0.15, 0.2) is 0 Å². The number of hydrogen-bond acceptors (Lipinski definition) is 3. The molecule has 2 aromatic carbocycles. The second kappa shape index (κ2) is 6.23. The van der Waals surface area contributed by atoms with Crippen LogP contribution in [0.2, 0.25) is 0 Å². The number of benzene rings is 2. The molecule has 0 fully saturated rings. The lowest BCUT2D eigenvalue weighted by Gasteiger charge is -2.05. The third-order valence-corrected chi connectivity index (χ3v) is 3.62. The highest BCUT2D eigenvalue weighted by Gasteiger charge is 2.08. The molecule has 21 heavy (non-hydrogen) atoms. The zero-order valence-electron chi connectivity index (χ0n) is 10.9. The lowest BCUT2D eigenvalue weighted by Crippen LogP contribution is -2.09. The first kappa shape index (κ1) is 14.8. The second-order valence-corrected chi connectivity index (χ2v) is 5.81. The first-order valence-corrected chi connectivity index (χ1v) is 7.60. The minimum atomic E-state index is -3.70. The van der Waals surface area contributed by atoms with E-state index in [1.807, 2.05) is 6.07 Å². The fourth-order valence-electron chi connectivity index (χ4n) is 1.65. The Labute approximate surface area is 122 Å². The Kier molecular flexibility index (Phi) is 4.39. The van der Waals surface area contributed by atoms with Crippen LogP contribution in [-0.4, -0.2) is 19.5 Å². The summed E-state index contributed by atoms with van der Waals surface area (Å²) >= 11 is 0. The highest BCUT2D eigenvalue weighted by Crippen LogP contribution is 2.13. The van der Waals surface area contributed by atoms with E-state index in [1.54, 1.807) is 24.3 Å². The maximum absolute atomic E-state index is 11.9. The molecule has 108 valence electrons. The molecule has 2 rings (SSSR count). The monoisotopic (exact) mass is 303 g/mol. The van der Waals surface area contributed by atoms with Crippen LogP contribution < -0.4 is 4.72 Å². The molecule has 0 aliphatic rings. The fourth-order valence-corrected chi connectivity index (χ4v) is 2.51. The average molecular weight is 303 g/mol. The Hall–Kier alpha value is -2.60. The molecule has 0 aliphatic heterocycles. The van der Waals surface area contributed by atoms with Gasteiger partial charge in [-0.25, -0.2) is 13.2 Å². The van der Waals surface area contributed by atoms with Crippen LogP contribution >= 0.6 is 0 Å². The molecule has 0 amide bonds. The van der Waals surface area contributed by atoms with E-state index in [-0.39, 0.29) is 11.3 Å². The minimum Gasteiger partial charge on any atom is -0.478 e. The van der Waals surface area contributed by atoms with Gasteiger partial charge in [0, 0.05) is 5.69 Å². The summed E-state index contributed by atoms with van der Waals surface area (Å²) in [5.74, 6) is -1.11. The van der Waals surface area contributed by atoms with E-state index < -0.39 is 16.0 Å². The van der Waals surface area contributed by atoms with Gasteiger partial charge in [0.25, 0.3) is 10.0 Å². The number of anilines is 1. The largest absolute Gasteiger partial charge is 0.478 e. The van der Waals surface area contributed by atoms with Crippen LogP contribution in [0.4, 0.5) is 5.69 Å². The van der Waals surface area contributed by atoms with Gasteiger partial charge < -0.3 is 5.11 Å². The molecule has 0 aromatic heterocycles. The summed E-state index contributed by atoms with van der Waals surface area (Å²) in [6.45, 7) is 0. The molecular weight excluding hydrogens is 290 g/mol. The molecule has 0 saturated heterocycles. The maximum atomic E-state index is 11.9. The van der Waals surface area contributed by atoms with Crippen molar-refractivity contribution in [2.24, 2.45) is 0 Å². The van der Waals surface area contributed by atoms with Crippen LogP contribution in [0.15, 0.2) is 60.0 Å². The third kappa shape index (κ3) is 4.47. The van der Waals surface area contributed by atoms with E-state index in [0.717, 1.165) is 11.0 Å². The topological polar surface area (TPSA) is 83.5 Å². The Bertz CT molecular complexity index is 767. The summed E-state index contributed by atoms with van der Waals surface area (Å²) in [4.78, 5) is 10.8. The smallest absolute Gasteiger partial charge is 0.335 e. The molecule has 0 bridgehead atoms. The Balaban J connectivity index is 2.16. The van der Waals surface area contributed by atoms with Crippen molar-refractivity contribution in [2.45, 2.75) is 0 Å². The molecule has 5 nitrogen and oxygen atoms in total. The van der Waals surface area contributed by atoms with E-state index in [0.29, 0.717) is 0 Å². The molecule has 2 aromatic rings. The van der Waals surface area contributed by atoms with Crippen molar-refractivity contribution >= 4 is 27.8 Å². The van der Waals surface area contributed by atoms with Crippen molar-refractivity contribution in [1.82, 2.24) is 0 Å². The van der Waals surface area contributed by atoms with Gasteiger partial charge in [0.05, 0.1) is 11.0 Å². The summed E-state index contributed by atoms with van der Waals surface area (Å²) in [7, 11) is -3.70. The van der Waals surface area contributed by atoms with Crippen LogP contribution in [0.1, 0.15) is 15.9 Å². The third-order valence-electron chi connectivity index (χ3n) is 2.61. The molecule has 0 spiro atoms. The molecule has 0 aliphatic carbocycles. The Morgan fingerprint density at radius 2 is 1.76 bits per heavy atom. The molecule has 0 saturated carbocycles. The number of sulfonamides is 1. The first-order valence-electron chi connectivity index (χ1n) is 6.05. The summed E-state index contributed by atoms with van der Waals surface area (Å²) < 4.78 is 26.1. The molecule has 0 heterocycles. The van der Waals surface area contributed by atoms with Gasteiger partial charge in [-0.1, -0.05) is 36.4 Å². The van der Waals surface area contributed by atoms with Gasteiger partial charge in [0.1, 0.15) is 0 Å². The van der Waals surface area contributed by atoms with Gasteiger partial charge in [-0.15, -0.1) is 0 Å². The number of rotatable bonds is 5. The summed E-state index contributed by atoms with van der Waals surface area (Å²) in [5.41, 5.74) is 0.969. The number of carboxylic acid groups (broad SMARTS) is 1. The highest BCUT2D eigenvalue weighted by atomic mass is 32.2. The van der Waals surface area contributed by atoms with Gasteiger partial charge in [-0.3, -0.25) is 4.72 Å². The molecule has 0 unspecified atom stereocenters. The van der Waals surface area contributed by atoms with Gasteiger partial charge in [-0.2, -0.15) is 0 Å². The van der Waals surface area contributed by atoms with Crippen LogP contribution in [0, 0.1) is 0 Å². The highest BCUT2D eigenvalue weighted by molar-refractivity contribution is 7.95. The number of carbonyl (C=O) groups is 1. The molecule has 0 atom stereocenters. The average Bonchev–Trinajstić information content (AvgIpc) is 2.46. The second-order valence-electron chi connectivity index (χ2n) is 4.25. The van der Waals surface area contributed by atoms with Crippen LogP contribution in [0.5, 0.6) is 0 Å². The number of aromatic carboxylic acids is 1. The summed E-state index contributed by atoms with van der Waals surface area (Å²) in [6, 6.07) is 14.6. The van der Waals surface area contributed by atoms with Crippen molar-refractivity contribution in [3.8, 4) is 0 Å². The van der Waals surface area contributed by atoms with E-state index in [9.17, 15) is 13.2 Å². The number of carboxylic acids is 1. The van der Waals surface area contributed by atoms with Crippen molar-refractivity contribution in [2.75, 3.05) is 4.72 Å². The van der Waals surface area contributed by atoms with E-state index in [2.05, 4.69) is 4.72 Å². The normalized spacial score (nSPS) is 11.4. The SMILES string of the molecule is O=C(O)c1cccc(NS(=O)(=O)/C=C/c2ccccc2)c1. The first-order chi connectivity index (χ1) is 9.96. The van der Waals surface area contributed by atoms with E-state index >= 15 is 0 Å². The predicted molar refractivity (Wildman–Crippen MR) is 81.4 cm³/mol. The van der Waals surface area contributed by atoms with Crippen molar-refractivity contribution in [3.63, 3.8) is 0 Å². The van der Waals surface area contributed by atoms with Gasteiger partial charge in [0.2, 0.25) is 0 Å². The standard InChI is InChI=1S/C15H13NO4S/c17-15(18)13-7-4-8-14(11-13)16-21(19,20)10-9-12-5-2-1-3-6-12/h1-11,16H,(H,17,18)/b10-9+. The van der Waals surface area contributed by atoms with Crippen LogP contribution in [0.3, 0.4) is 0 Å². The minimum absolute atomic E-state index is 0.0160. The van der Waals surface area contributed by atoms with Crippen LogP contribution in [0.25, 0.3) is 6.08 Å². The van der Waals surface area contributed by atoms with E-state index in [1.165, 1.54) is 30.3 Å². The predicted octanol–water partition coefficient (Wildman–Crippen LogP) is 2.80. The lowest BCUT2D eigenvalue weighted by molar-refractivity contribution is 0.0697. The Morgan fingerprint density at radius 1 is 1.05 bits per heavy atom. The van der Waals surface area contributed by atoms with Crippen molar-refractivity contribution in [1.29, 1.82) is 0 Å². The molecular formula is C15H13NO4S. The van der Waals surface area contributed by atoms with Gasteiger partial charge >= 0.3 is 5.97 Å². The maximum Gasteiger partial charge on any atom is 0.335 e. The van der Waals surface area contributed by atoms with E-state index in [4.69, 9.17) is 5.11 Å². The number of hydrogen-bond donors (Lipinski definition) is 2. The molecule has 0 radical (unpaired) electrons. The summed E-state index contributed by atoms with van der Waals surface area (Å²) in [6.07, 6.45) is 1.46. The fraction of sp³-hybridized carbons (Fsp3) is 0. The lowest BCUT2D eigenvalue weighted by atomic mass is 10.2. The zero-order chi connectivity index (χ0) is 15.3. The van der Waals surface area contributed by atoms with Gasteiger partial charge in [-0.05, 0) is 29.8 Å². The number of nitrogens with one attached hydrogen (secondary N) is 1. The quantitative estimate of drug-likeness (QED) is 0.889. The Morgan fingerprint density at radius 3 is 2.43 bits per heavy atom. The molecule has 2 N–H and O–H groups in total. The zero-order valence-corrected chi connectivity index (χ0v) is 11.7. The van der Waals surface area contributed by atoms with Crippen molar-refractivity contribution in [3.05, 3.63) is 71.1 Å². The molecule has 6 heteroatoms. The van der Waals surface area contributed by atoms with Crippen LogP contribution in [-0.2, 0) is 10.0 Å². The van der Waals surface area contributed by atoms with Crippen molar-refractivity contribution < 1.29 is 18.3 Å². The summed E-state index contributed by atoms with van der Waals surface area (Å²) in [5, 5.41) is 9.91.